The van der Waals surface area contributed by atoms with Gasteiger partial charge in [-0.3, -0.25) is 0 Å². The van der Waals surface area contributed by atoms with Crippen LogP contribution in [0.5, 0.6) is 0 Å². The van der Waals surface area contributed by atoms with Crippen molar-refractivity contribution in [3.05, 3.63) is 0 Å². The number of aliphatic hydroxyl groups is 1. The molecule has 1 aliphatic rings. The van der Waals surface area contributed by atoms with Gasteiger partial charge in [0, 0.05) is 7.11 Å². The number of rotatable bonds is 3. The third-order valence-electron chi connectivity index (χ3n) is 2.64. The molecule has 1 saturated carbocycles. The van der Waals surface area contributed by atoms with E-state index >= 15 is 0 Å². The van der Waals surface area contributed by atoms with Gasteiger partial charge >= 0.3 is 6.09 Å². The van der Waals surface area contributed by atoms with Gasteiger partial charge in [0.2, 0.25) is 0 Å². The van der Waals surface area contributed by atoms with E-state index in [1.165, 1.54) is 0 Å². The van der Waals surface area contributed by atoms with E-state index in [0.717, 1.165) is 0 Å². The molecule has 0 bridgehead atoms. The fraction of sp³-hybridized carbons (Fsp3) is 0.909. The highest BCUT2D eigenvalue weighted by molar-refractivity contribution is 5.69. The number of methoxy groups -OCH3 is 1. The summed E-state index contributed by atoms with van der Waals surface area (Å²) in [6, 6.07) is 0. The maximum atomic E-state index is 11.5. The van der Waals surface area contributed by atoms with Crippen LogP contribution in [-0.2, 0) is 9.47 Å². The minimum Gasteiger partial charge on any atom is -0.444 e. The first kappa shape index (κ1) is 13.3. The van der Waals surface area contributed by atoms with Gasteiger partial charge in [0.25, 0.3) is 0 Å². The molecule has 94 valence electrons. The van der Waals surface area contributed by atoms with Crippen LogP contribution in [0.2, 0.25) is 0 Å². The van der Waals surface area contributed by atoms with Crippen molar-refractivity contribution in [1.29, 1.82) is 0 Å². The molecule has 0 aromatic heterocycles. The fourth-order valence-electron chi connectivity index (χ4n) is 1.77. The average molecular weight is 231 g/mol. The van der Waals surface area contributed by atoms with Gasteiger partial charge in [-0.25, -0.2) is 4.79 Å². The number of amides is 1. The van der Waals surface area contributed by atoms with E-state index in [1.807, 2.05) is 0 Å². The second kappa shape index (κ2) is 4.59. The Morgan fingerprint density at radius 3 is 2.44 bits per heavy atom. The average Bonchev–Trinajstić information content (AvgIpc) is 2.07. The smallest absolute Gasteiger partial charge is 0.408 e. The minimum atomic E-state index is -0.566. The van der Waals surface area contributed by atoms with Crippen molar-refractivity contribution in [3.8, 4) is 0 Å². The minimum absolute atomic E-state index is 0.0912. The highest BCUT2D eigenvalue weighted by Crippen LogP contribution is 2.34. The van der Waals surface area contributed by atoms with Crippen LogP contribution in [0.1, 0.15) is 33.6 Å². The molecule has 0 saturated heterocycles. The largest absolute Gasteiger partial charge is 0.444 e. The summed E-state index contributed by atoms with van der Waals surface area (Å²) in [5.41, 5.74) is -1.09. The van der Waals surface area contributed by atoms with E-state index in [4.69, 9.17) is 9.47 Å². The Bertz CT molecular complexity index is 253. The second-order valence-corrected chi connectivity index (χ2v) is 5.33. The monoisotopic (exact) mass is 231 g/mol. The zero-order valence-electron chi connectivity index (χ0n) is 10.4. The van der Waals surface area contributed by atoms with Crippen molar-refractivity contribution in [2.75, 3.05) is 13.7 Å². The van der Waals surface area contributed by atoms with Crippen molar-refractivity contribution in [3.63, 3.8) is 0 Å². The van der Waals surface area contributed by atoms with Gasteiger partial charge in [0.1, 0.15) is 5.60 Å². The van der Waals surface area contributed by atoms with Gasteiger partial charge < -0.3 is 19.9 Å². The van der Waals surface area contributed by atoms with E-state index < -0.39 is 17.2 Å². The molecule has 0 radical (unpaired) electrons. The molecule has 1 fully saturated rings. The molecule has 1 amide bonds. The van der Waals surface area contributed by atoms with Crippen LogP contribution in [0.3, 0.4) is 0 Å². The number of carbonyl (C=O) groups excluding carboxylic acids is 1. The molecule has 0 aromatic carbocycles. The molecule has 0 atom stereocenters. The van der Waals surface area contributed by atoms with Crippen LogP contribution in [-0.4, -0.2) is 42.2 Å². The Balaban J connectivity index is 2.44. The summed E-state index contributed by atoms with van der Waals surface area (Å²) in [7, 11) is 1.62. The number of carbonyl (C=O) groups is 1. The second-order valence-electron chi connectivity index (χ2n) is 5.33. The van der Waals surface area contributed by atoms with Crippen LogP contribution in [0, 0.1) is 0 Å². The van der Waals surface area contributed by atoms with Crippen molar-refractivity contribution >= 4 is 6.09 Å². The van der Waals surface area contributed by atoms with Gasteiger partial charge in [0.15, 0.2) is 0 Å². The highest BCUT2D eigenvalue weighted by atomic mass is 16.6. The van der Waals surface area contributed by atoms with Gasteiger partial charge in [-0.15, -0.1) is 0 Å². The lowest BCUT2D eigenvalue weighted by Gasteiger charge is -2.46. The van der Waals surface area contributed by atoms with Crippen LogP contribution in [0.25, 0.3) is 0 Å². The Morgan fingerprint density at radius 1 is 1.50 bits per heavy atom. The molecule has 5 heteroatoms. The first-order valence-corrected chi connectivity index (χ1v) is 5.45. The molecular formula is C11H21NO4. The molecule has 0 aliphatic heterocycles. The lowest BCUT2D eigenvalue weighted by atomic mass is 9.75. The molecule has 16 heavy (non-hydrogen) atoms. The zero-order valence-corrected chi connectivity index (χ0v) is 10.4. The summed E-state index contributed by atoms with van der Waals surface area (Å²) >= 11 is 0. The molecule has 2 N–H and O–H groups in total. The zero-order chi connectivity index (χ0) is 12.4. The predicted molar refractivity (Wildman–Crippen MR) is 59.2 cm³/mol. The third kappa shape index (κ3) is 3.35. The van der Waals surface area contributed by atoms with E-state index in [2.05, 4.69) is 5.32 Å². The Labute approximate surface area is 96.1 Å². The quantitative estimate of drug-likeness (QED) is 0.762. The lowest BCUT2D eigenvalue weighted by molar-refractivity contribution is -0.0551. The van der Waals surface area contributed by atoms with Crippen LogP contribution < -0.4 is 5.32 Å². The molecule has 0 spiro atoms. The molecule has 0 heterocycles. The fourth-order valence-corrected chi connectivity index (χ4v) is 1.77. The number of hydrogen-bond acceptors (Lipinski definition) is 4. The topological polar surface area (TPSA) is 67.8 Å². The Kier molecular flexibility index (Phi) is 3.80. The normalized spacial score (nSPS) is 29.4. The highest BCUT2D eigenvalue weighted by Gasteiger charge is 2.46. The summed E-state index contributed by atoms with van der Waals surface area (Å²) in [5.74, 6) is 0. The molecule has 1 rings (SSSR count). The summed E-state index contributed by atoms with van der Waals surface area (Å²) in [5, 5.41) is 12.0. The van der Waals surface area contributed by atoms with E-state index in [-0.39, 0.29) is 12.7 Å². The van der Waals surface area contributed by atoms with E-state index in [1.54, 1.807) is 27.9 Å². The van der Waals surface area contributed by atoms with Crippen molar-refractivity contribution in [2.24, 2.45) is 0 Å². The summed E-state index contributed by atoms with van der Waals surface area (Å²) in [6.45, 7) is 5.32. The molecule has 5 nitrogen and oxygen atoms in total. The molecule has 1 aliphatic carbocycles. The number of aliphatic hydroxyl groups excluding tert-OH is 1. The predicted octanol–water partition coefficient (Wildman–Crippen LogP) is 1.05. The number of ether oxygens (including phenoxy) is 2. The standard InChI is InChI=1S/C11H21NO4/c1-10(2,3)16-9(14)12-11(7-13)5-8(6-11)15-4/h8,13H,5-7H2,1-4H3,(H,12,14). The maximum absolute atomic E-state index is 11.5. The van der Waals surface area contributed by atoms with Crippen molar-refractivity contribution in [2.45, 2.75) is 50.9 Å². The lowest BCUT2D eigenvalue weighted by Crippen LogP contribution is -2.62. The summed E-state index contributed by atoms with van der Waals surface area (Å²) in [4.78, 5) is 11.5. The molecule has 0 aromatic rings. The third-order valence-corrected chi connectivity index (χ3v) is 2.64. The Hall–Kier alpha value is -0.810. The van der Waals surface area contributed by atoms with Crippen LogP contribution in [0.4, 0.5) is 4.79 Å². The summed E-state index contributed by atoms with van der Waals surface area (Å²) < 4.78 is 10.3. The van der Waals surface area contributed by atoms with Crippen LogP contribution in [0.15, 0.2) is 0 Å². The number of alkyl carbamates (subject to hydrolysis) is 1. The van der Waals surface area contributed by atoms with Gasteiger partial charge in [-0.1, -0.05) is 0 Å². The van der Waals surface area contributed by atoms with Crippen molar-refractivity contribution < 1.29 is 19.4 Å². The SMILES string of the molecule is COC1CC(CO)(NC(=O)OC(C)(C)C)C1. The molecule has 0 unspecified atom stereocenters. The Morgan fingerprint density at radius 2 is 2.06 bits per heavy atom. The number of hydrogen-bond donors (Lipinski definition) is 2. The maximum Gasteiger partial charge on any atom is 0.408 e. The van der Waals surface area contributed by atoms with Crippen molar-refractivity contribution in [1.82, 2.24) is 5.32 Å². The molecular weight excluding hydrogens is 210 g/mol. The van der Waals surface area contributed by atoms with Crippen LogP contribution >= 0.6 is 0 Å². The van der Waals surface area contributed by atoms with Gasteiger partial charge in [-0.05, 0) is 33.6 Å². The summed E-state index contributed by atoms with van der Waals surface area (Å²) in [6.07, 6.45) is 0.872. The first-order chi connectivity index (χ1) is 7.30. The van der Waals surface area contributed by atoms with Gasteiger partial charge in [0.05, 0.1) is 18.2 Å². The van der Waals surface area contributed by atoms with E-state index in [9.17, 15) is 9.90 Å². The first-order valence-electron chi connectivity index (χ1n) is 5.45. The van der Waals surface area contributed by atoms with Gasteiger partial charge in [-0.2, -0.15) is 0 Å². The van der Waals surface area contributed by atoms with E-state index in [0.29, 0.717) is 12.8 Å². The number of nitrogens with one attached hydrogen (secondary N) is 1.